The van der Waals surface area contributed by atoms with Crippen LogP contribution in [-0.2, 0) is 14.3 Å². The van der Waals surface area contributed by atoms with Gasteiger partial charge in [0, 0.05) is 12.8 Å². The van der Waals surface area contributed by atoms with Gasteiger partial charge in [0.1, 0.15) is 6.10 Å². The van der Waals surface area contributed by atoms with E-state index >= 15 is 0 Å². The summed E-state index contributed by atoms with van der Waals surface area (Å²) in [4.78, 5) is 23.1. The second-order valence-electron chi connectivity index (χ2n) is 12.4. The SMILES string of the molecule is CCCCC/C=C\C/C=C\CCCCCCCC(=O)OC(CCCCCCC)CCCCCCCCCCCC(=O)O. The monoisotopic (exact) mass is 591 g/mol. The van der Waals surface area contributed by atoms with Crippen molar-refractivity contribution in [3.05, 3.63) is 24.3 Å². The Hall–Kier alpha value is -1.58. The molecule has 0 saturated heterocycles. The van der Waals surface area contributed by atoms with Crippen LogP contribution in [0, 0.1) is 0 Å². The quantitative estimate of drug-likeness (QED) is 0.0469. The maximum Gasteiger partial charge on any atom is 0.306 e. The molecule has 42 heavy (non-hydrogen) atoms. The van der Waals surface area contributed by atoms with Crippen LogP contribution in [0.5, 0.6) is 0 Å². The highest BCUT2D eigenvalue weighted by molar-refractivity contribution is 5.69. The number of aliphatic carboxylic acids is 1. The molecule has 0 aliphatic heterocycles. The van der Waals surface area contributed by atoms with Crippen molar-refractivity contribution < 1.29 is 19.4 Å². The Kier molecular flexibility index (Phi) is 32.6. The molecular formula is C38H70O4. The van der Waals surface area contributed by atoms with Crippen LogP contribution in [0.15, 0.2) is 24.3 Å². The van der Waals surface area contributed by atoms with Crippen LogP contribution < -0.4 is 0 Å². The highest BCUT2D eigenvalue weighted by Gasteiger charge is 2.14. The summed E-state index contributed by atoms with van der Waals surface area (Å²) in [7, 11) is 0. The highest BCUT2D eigenvalue weighted by Crippen LogP contribution is 2.18. The second kappa shape index (κ2) is 33.9. The van der Waals surface area contributed by atoms with Crippen molar-refractivity contribution in [2.24, 2.45) is 0 Å². The minimum Gasteiger partial charge on any atom is -0.481 e. The first-order valence-corrected chi connectivity index (χ1v) is 18.3. The Labute approximate surface area is 261 Å². The largest absolute Gasteiger partial charge is 0.481 e. The molecule has 0 rings (SSSR count). The summed E-state index contributed by atoms with van der Waals surface area (Å²) in [5.74, 6) is -0.663. The Balaban J connectivity index is 3.92. The molecule has 0 heterocycles. The molecule has 0 aliphatic rings. The van der Waals surface area contributed by atoms with E-state index in [2.05, 4.69) is 38.2 Å². The zero-order valence-electron chi connectivity index (χ0n) is 28.1. The number of allylic oxidation sites excluding steroid dienone is 4. The van der Waals surface area contributed by atoms with Crippen LogP contribution in [0.25, 0.3) is 0 Å². The Morgan fingerprint density at radius 1 is 0.524 bits per heavy atom. The van der Waals surface area contributed by atoms with Gasteiger partial charge < -0.3 is 9.84 Å². The smallest absolute Gasteiger partial charge is 0.306 e. The van der Waals surface area contributed by atoms with Gasteiger partial charge in [0.2, 0.25) is 0 Å². The summed E-state index contributed by atoms with van der Waals surface area (Å²) in [6.45, 7) is 4.50. The van der Waals surface area contributed by atoms with Crippen molar-refractivity contribution in [1.82, 2.24) is 0 Å². The van der Waals surface area contributed by atoms with Crippen molar-refractivity contribution in [3.8, 4) is 0 Å². The minimum atomic E-state index is -0.679. The molecule has 246 valence electrons. The summed E-state index contributed by atoms with van der Waals surface area (Å²) in [6.07, 6.45) is 42.0. The predicted molar refractivity (Wildman–Crippen MR) is 181 cm³/mol. The molecule has 0 radical (unpaired) electrons. The van der Waals surface area contributed by atoms with Crippen molar-refractivity contribution in [2.75, 3.05) is 0 Å². The maximum atomic E-state index is 12.6. The van der Waals surface area contributed by atoms with Gasteiger partial charge in [-0.2, -0.15) is 0 Å². The van der Waals surface area contributed by atoms with E-state index in [9.17, 15) is 9.59 Å². The molecule has 0 spiro atoms. The summed E-state index contributed by atoms with van der Waals surface area (Å²) in [5, 5.41) is 8.70. The summed E-state index contributed by atoms with van der Waals surface area (Å²) in [6, 6.07) is 0. The highest BCUT2D eigenvalue weighted by atomic mass is 16.5. The van der Waals surface area contributed by atoms with Gasteiger partial charge >= 0.3 is 11.9 Å². The van der Waals surface area contributed by atoms with Crippen molar-refractivity contribution in [2.45, 2.75) is 206 Å². The van der Waals surface area contributed by atoms with Crippen LogP contribution in [0.1, 0.15) is 200 Å². The van der Waals surface area contributed by atoms with E-state index in [-0.39, 0.29) is 12.1 Å². The zero-order valence-corrected chi connectivity index (χ0v) is 28.1. The first-order valence-electron chi connectivity index (χ1n) is 18.3. The lowest BCUT2D eigenvalue weighted by molar-refractivity contribution is -0.150. The molecule has 0 fully saturated rings. The molecule has 0 aromatic heterocycles. The fraction of sp³-hybridized carbons (Fsp3) is 0.842. The van der Waals surface area contributed by atoms with Gasteiger partial charge in [0.25, 0.3) is 0 Å². The van der Waals surface area contributed by atoms with Gasteiger partial charge in [-0.05, 0) is 70.6 Å². The molecule has 0 aliphatic carbocycles. The average molecular weight is 591 g/mol. The lowest BCUT2D eigenvalue weighted by atomic mass is 10.0. The first-order chi connectivity index (χ1) is 20.6. The number of unbranched alkanes of at least 4 members (excludes halogenated alkanes) is 20. The van der Waals surface area contributed by atoms with Crippen LogP contribution in [0.2, 0.25) is 0 Å². The van der Waals surface area contributed by atoms with E-state index in [1.807, 2.05) is 0 Å². The van der Waals surface area contributed by atoms with Gasteiger partial charge in [-0.25, -0.2) is 0 Å². The summed E-state index contributed by atoms with van der Waals surface area (Å²) < 4.78 is 5.98. The van der Waals surface area contributed by atoms with Crippen LogP contribution in [0.4, 0.5) is 0 Å². The third kappa shape index (κ3) is 32.9. The lowest BCUT2D eigenvalue weighted by Crippen LogP contribution is -2.18. The molecule has 0 aromatic carbocycles. The number of esters is 1. The third-order valence-corrected chi connectivity index (χ3v) is 8.18. The number of rotatable bonds is 33. The molecule has 1 atom stereocenters. The number of carboxylic acid groups (broad SMARTS) is 1. The number of hydrogen-bond acceptors (Lipinski definition) is 3. The molecule has 0 bridgehead atoms. The van der Waals surface area contributed by atoms with E-state index in [4.69, 9.17) is 9.84 Å². The number of hydrogen-bond donors (Lipinski definition) is 1. The van der Waals surface area contributed by atoms with E-state index in [1.165, 1.54) is 116 Å². The molecular weight excluding hydrogens is 520 g/mol. The first kappa shape index (κ1) is 40.4. The standard InChI is InChI=1S/C38H70O4/c1-3-5-7-9-10-11-12-13-14-15-16-20-23-27-31-35-38(41)42-36(32-28-24-8-6-4-2)33-29-25-21-18-17-19-22-26-30-34-37(39)40/h10-11,13-14,36H,3-9,12,15-35H2,1-2H3,(H,39,40)/b11-10-,14-13-. The molecule has 0 aromatic rings. The molecule has 4 nitrogen and oxygen atoms in total. The number of carbonyl (C=O) groups excluding carboxylic acids is 1. The lowest BCUT2D eigenvalue weighted by Gasteiger charge is -2.18. The average Bonchev–Trinajstić information content (AvgIpc) is 2.97. The van der Waals surface area contributed by atoms with Gasteiger partial charge in [-0.3, -0.25) is 9.59 Å². The van der Waals surface area contributed by atoms with Gasteiger partial charge in [-0.1, -0.05) is 141 Å². The minimum absolute atomic E-state index is 0.0159. The van der Waals surface area contributed by atoms with Crippen LogP contribution in [0.3, 0.4) is 0 Å². The number of carboxylic acids is 1. The van der Waals surface area contributed by atoms with Gasteiger partial charge in [-0.15, -0.1) is 0 Å². The van der Waals surface area contributed by atoms with Crippen molar-refractivity contribution in [1.29, 1.82) is 0 Å². The van der Waals surface area contributed by atoms with Crippen molar-refractivity contribution in [3.63, 3.8) is 0 Å². The molecule has 0 saturated carbocycles. The fourth-order valence-corrected chi connectivity index (χ4v) is 5.45. The normalized spacial score (nSPS) is 12.4. The summed E-state index contributed by atoms with van der Waals surface area (Å²) in [5.41, 5.74) is 0. The van der Waals surface area contributed by atoms with E-state index in [1.54, 1.807) is 0 Å². The molecule has 4 heteroatoms. The van der Waals surface area contributed by atoms with E-state index in [0.717, 1.165) is 57.8 Å². The fourth-order valence-electron chi connectivity index (χ4n) is 5.45. The van der Waals surface area contributed by atoms with Crippen LogP contribution in [-0.4, -0.2) is 23.1 Å². The topological polar surface area (TPSA) is 63.6 Å². The third-order valence-electron chi connectivity index (χ3n) is 8.18. The predicted octanol–water partition coefficient (Wildman–Crippen LogP) is 12.4. The Bertz CT molecular complexity index is 639. The van der Waals surface area contributed by atoms with E-state index < -0.39 is 5.97 Å². The van der Waals surface area contributed by atoms with E-state index in [0.29, 0.717) is 12.8 Å². The molecule has 1 N–H and O–H groups in total. The number of ether oxygens (including phenoxy) is 1. The molecule has 0 amide bonds. The Morgan fingerprint density at radius 3 is 1.45 bits per heavy atom. The van der Waals surface area contributed by atoms with Crippen LogP contribution >= 0.6 is 0 Å². The molecule has 1 unspecified atom stereocenters. The zero-order chi connectivity index (χ0) is 30.8. The summed E-state index contributed by atoms with van der Waals surface area (Å²) >= 11 is 0. The second-order valence-corrected chi connectivity index (χ2v) is 12.4. The maximum absolute atomic E-state index is 12.6. The van der Waals surface area contributed by atoms with Gasteiger partial charge in [0.15, 0.2) is 0 Å². The number of carbonyl (C=O) groups is 2. The Morgan fingerprint density at radius 2 is 0.929 bits per heavy atom. The van der Waals surface area contributed by atoms with Crippen molar-refractivity contribution >= 4 is 11.9 Å². The van der Waals surface area contributed by atoms with Gasteiger partial charge in [0.05, 0.1) is 0 Å².